The number of anilines is 1. The highest BCUT2D eigenvalue weighted by atomic mass is 16.2. The molecule has 3 aliphatic rings. The number of benzene rings is 1. The van der Waals surface area contributed by atoms with E-state index >= 15 is 0 Å². The van der Waals surface area contributed by atoms with Crippen LogP contribution in [-0.4, -0.2) is 66.5 Å². The summed E-state index contributed by atoms with van der Waals surface area (Å²) in [5, 5.41) is 8.66. The molecule has 3 heterocycles. The van der Waals surface area contributed by atoms with Crippen LogP contribution >= 0.6 is 0 Å². The van der Waals surface area contributed by atoms with E-state index in [4.69, 9.17) is 5.73 Å². The summed E-state index contributed by atoms with van der Waals surface area (Å²) >= 11 is 0. The van der Waals surface area contributed by atoms with Crippen molar-refractivity contribution < 1.29 is 19.2 Å². The lowest BCUT2D eigenvalue weighted by atomic mass is 10.0. The Bertz CT molecular complexity index is 1010. The Morgan fingerprint density at radius 1 is 1.16 bits per heavy atom. The zero-order valence-electron chi connectivity index (χ0n) is 17.6. The van der Waals surface area contributed by atoms with Crippen LogP contribution in [0.25, 0.3) is 0 Å². The molecule has 4 amide bonds. The number of nitrogens with zero attached hydrogens (tertiary/aromatic N) is 2. The molecule has 2 saturated heterocycles. The van der Waals surface area contributed by atoms with Gasteiger partial charge in [-0.15, -0.1) is 0 Å². The number of carbonyl (C=O) groups is 4. The number of nitrogens with one attached hydrogen (secondary N) is 3. The summed E-state index contributed by atoms with van der Waals surface area (Å²) in [6.07, 6.45) is 5.35. The fourth-order valence-electron chi connectivity index (χ4n) is 4.16. The normalized spacial score (nSPS) is 22.4. The van der Waals surface area contributed by atoms with Crippen molar-refractivity contribution in [2.75, 3.05) is 25.0 Å². The van der Waals surface area contributed by atoms with E-state index in [0.29, 0.717) is 12.2 Å². The van der Waals surface area contributed by atoms with Crippen LogP contribution < -0.4 is 21.7 Å². The topological polar surface area (TPSA) is 146 Å². The van der Waals surface area contributed by atoms with Crippen molar-refractivity contribution in [3.8, 4) is 0 Å². The molecular weight excluding hydrogens is 412 g/mol. The van der Waals surface area contributed by atoms with Gasteiger partial charge in [-0.3, -0.25) is 34.4 Å². The fourth-order valence-corrected chi connectivity index (χ4v) is 4.16. The van der Waals surface area contributed by atoms with Gasteiger partial charge in [-0.25, -0.2) is 0 Å². The lowest BCUT2D eigenvalue weighted by Gasteiger charge is -2.27. The Labute approximate surface area is 185 Å². The Hall–Kier alpha value is -3.53. The van der Waals surface area contributed by atoms with Crippen LogP contribution in [0.2, 0.25) is 0 Å². The quantitative estimate of drug-likeness (QED) is 0.366. The average Bonchev–Trinajstić information content (AvgIpc) is 3.05. The third-order valence-electron chi connectivity index (χ3n) is 5.93. The molecule has 0 aromatic heterocycles. The lowest BCUT2D eigenvalue weighted by molar-refractivity contribution is -0.136. The van der Waals surface area contributed by atoms with Crippen LogP contribution in [0.4, 0.5) is 5.69 Å². The van der Waals surface area contributed by atoms with Crippen molar-refractivity contribution in [1.29, 1.82) is 0 Å². The summed E-state index contributed by atoms with van der Waals surface area (Å²) in [4.78, 5) is 55.3. The Kier molecular flexibility index (Phi) is 6.31. The number of hydrogen-bond donors (Lipinski definition) is 4. The van der Waals surface area contributed by atoms with E-state index in [1.165, 1.54) is 6.20 Å². The Morgan fingerprint density at radius 2 is 1.94 bits per heavy atom. The van der Waals surface area contributed by atoms with Crippen LogP contribution in [-0.2, 0) is 9.59 Å². The highest BCUT2D eigenvalue weighted by molar-refractivity contribution is 6.25. The summed E-state index contributed by atoms with van der Waals surface area (Å²) in [5.41, 5.74) is 7.43. The molecule has 3 aliphatic heterocycles. The predicted molar refractivity (Wildman–Crippen MR) is 118 cm³/mol. The SMILES string of the molecule is NC=C(C=NC1CCNCC1)CNc1cccc2c1C(=O)N(C1CCC(=O)NC1=O)C2=O. The van der Waals surface area contributed by atoms with Crippen molar-refractivity contribution >= 4 is 35.5 Å². The molecule has 4 rings (SSSR count). The minimum atomic E-state index is -0.996. The molecule has 5 N–H and O–H groups in total. The van der Waals surface area contributed by atoms with Crippen molar-refractivity contribution in [2.45, 2.75) is 37.8 Å². The van der Waals surface area contributed by atoms with Gasteiger partial charge in [0.15, 0.2) is 0 Å². The second-order valence-corrected chi connectivity index (χ2v) is 8.03. The maximum absolute atomic E-state index is 13.1. The molecule has 32 heavy (non-hydrogen) atoms. The highest BCUT2D eigenvalue weighted by Crippen LogP contribution is 2.32. The van der Waals surface area contributed by atoms with Gasteiger partial charge in [0.2, 0.25) is 11.8 Å². The Balaban J connectivity index is 1.48. The van der Waals surface area contributed by atoms with E-state index in [1.807, 2.05) is 0 Å². The average molecular weight is 438 g/mol. The van der Waals surface area contributed by atoms with E-state index in [0.717, 1.165) is 36.4 Å². The first-order valence-electron chi connectivity index (χ1n) is 10.7. The van der Waals surface area contributed by atoms with E-state index in [9.17, 15) is 19.2 Å². The van der Waals surface area contributed by atoms with Crippen molar-refractivity contribution in [3.63, 3.8) is 0 Å². The Morgan fingerprint density at radius 3 is 2.66 bits per heavy atom. The number of piperidine rings is 2. The maximum Gasteiger partial charge on any atom is 0.264 e. The molecule has 1 unspecified atom stereocenters. The minimum Gasteiger partial charge on any atom is -0.404 e. The molecule has 10 nitrogen and oxygen atoms in total. The first kappa shape index (κ1) is 21.7. The molecule has 2 fully saturated rings. The molecule has 0 spiro atoms. The van der Waals surface area contributed by atoms with Gasteiger partial charge in [0.05, 0.1) is 17.2 Å². The number of nitrogens with two attached hydrogens (primary N) is 1. The molecule has 0 bridgehead atoms. The molecule has 1 aromatic carbocycles. The van der Waals surface area contributed by atoms with Gasteiger partial charge in [-0.2, -0.15) is 0 Å². The third-order valence-corrected chi connectivity index (χ3v) is 5.93. The van der Waals surface area contributed by atoms with Crippen LogP contribution in [0, 0.1) is 0 Å². The zero-order valence-corrected chi connectivity index (χ0v) is 17.6. The summed E-state index contributed by atoms with van der Waals surface area (Å²) in [5.74, 6) is -2.13. The smallest absolute Gasteiger partial charge is 0.264 e. The van der Waals surface area contributed by atoms with Gasteiger partial charge in [-0.1, -0.05) is 6.07 Å². The van der Waals surface area contributed by atoms with Crippen molar-refractivity contribution in [2.24, 2.45) is 10.7 Å². The second-order valence-electron chi connectivity index (χ2n) is 8.03. The number of carbonyl (C=O) groups excluding carboxylic acids is 4. The number of rotatable bonds is 6. The van der Waals surface area contributed by atoms with E-state index in [1.54, 1.807) is 24.4 Å². The minimum absolute atomic E-state index is 0.0793. The molecule has 0 radical (unpaired) electrons. The first-order chi connectivity index (χ1) is 15.5. The predicted octanol–water partition coefficient (Wildman–Crippen LogP) is 0.165. The van der Waals surface area contributed by atoms with Gasteiger partial charge in [0.1, 0.15) is 6.04 Å². The standard InChI is InChI=1S/C22H26N6O4/c23-10-13(11-25-14-6-8-24-9-7-14)12-26-16-3-1-2-15-19(16)22(32)28(21(15)31)17-4-5-18(29)27-20(17)30/h1-3,10-11,14,17,24,26H,4-9,12,23H2,(H,27,29,30). The van der Waals surface area contributed by atoms with Gasteiger partial charge < -0.3 is 16.4 Å². The number of imide groups is 2. The number of aliphatic imine (C=N–C) groups is 1. The first-order valence-corrected chi connectivity index (χ1v) is 10.7. The van der Waals surface area contributed by atoms with Crippen LogP contribution in [0.3, 0.4) is 0 Å². The second kappa shape index (κ2) is 9.31. The summed E-state index contributed by atoms with van der Waals surface area (Å²) < 4.78 is 0. The van der Waals surface area contributed by atoms with Gasteiger partial charge >= 0.3 is 0 Å². The molecule has 0 saturated carbocycles. The largest absolute Gasteiger partial charge is 0.404 e. The lowest BCUT2D eigenvalue weighted by Crippen LogP contribution is -2.54. The van der Waals surface area contributed by atoms with Crippen LogP contribution in [0.1, 0.15) is 46.4 Å². The van der Waals surface area contributed by atoms with Crippen LogP contribution in [0.15, 0.2) is 35.0 Å². The van der Waals surface area contributed by atoms with Gasteiger partial charge in [0.25, 0.3) is 11.8 Å². The number of fused-ring (bicyclic) bond motifs is 1. The van der Waals surface area contributed by atoms with E-state index in [2.05, 4.69) is 20.9 Å². The molecule has 1 atom stereocenters. The summed E-state index contributed by atoms with van der Waals surface area (Å²) in [7, 11) is 0. The van der Waals surface area contributed by atoms with Crippen molar-refractivity contribution in [1.82, 2.24) is 15.5 Å². The molecular formula is C22H26N6O4. The van der Waals surface area contributed by atoms with Gasteiger partial charge in [0, 0.05) is 36.6 Å². The highest BCUT2D eigenvalue weighted by Gasteiger charge is 2.45. The summed E-state index contributed by atoms with van der Waals surface area (Å²) in [6, 6.07) is 4.20. The molecule has 0 aliphatic carbocycles. The summed E-state index contributed by atoms with van der Waals surface area (Å²) in [6.45, 7) is 2.21. The third kappa shape index (κ3) is 4.26. The van der Waals surface area contributed by atoms with E-state index in [-0.39, 0.29) is 30.0 Å². The number of amides is 4. The fraction of sp³-hybridized carbons (Fsp3) is 0.409. The molecule has 1 aromatic rings. The monoisotopic (exact) mass is 438 g/mol. The van der Waals surface area contributed by atoms with E-state index < -0.39 is 29.7 Å². The molecule has 10 heteroatoms. The number of hydrogen-bond acceptors (Lipinski definition) is 8. The zero-order chi connectivity index (χ0) is 22.7. The maximum atomic E-state index is 13.1. The van der Waals surface area contributed by atoms with Crippen LogP contribution in [0.5, 0.6) is 0 Å². The van der Waals surface area contributed by atoms with Crippen molar-refractivity contribution in [3.05, 3.63) is 41.1 Å². The molecule has 168 valence electrons. The van der Waals surface area contributed by atoms with Gasteiger partial charge in [-0.05, 0) is 44.5 Å².